The molecule has 1 atom stereocenters. The van der Waals surface area contributed by atoms with Crippen LogP contribution in [0.4, 0.5) is 4.79 Å². The van der Waals surface area contributed by atoms with Gasteiger partial charge in [-0.1, -0.05) is 86.0 Å². The van der Waals surface area contributed by atoms with Gasteiger partial charge in [0.2, 0.25) is 0 Å². The standard InChI is InChI=1S/C17H28O6Si.C17H28O5Si.C15H24O4Si.C14H24O5Si.C14H22O5Si.C14H22O4Si/c1-7-19-24(20-8-2,21-9-3)15-12-10-14(11-13-15)22-16(18)23-17(4,5)6;1-4-19-23(20-5-2,21-6-3)16-12-10-15(11-13-16)22-17-9-7-8-14-18-17;1-5-16-15-11-9-14(10-12-15)13-20(17-6-2,18-7-3)19-8-4;1-5-17-20(18-6-2,19-7-3)14-10-8-13(9-11-14)16-12-15-4;1-5-16-20(17-6-2,18-7-3)14-10-8-13(9-11-14)19-12(4)15;1-5-15-13-9-11-14(12-10-13)19(16-6-2,17-7-3)18-8-4/h10-13H,7-9H2,1-6H3;10-13,17H,4-9,14H2,1-3H3;5,9-12H,1,6-8,13H2,2-4H3;8-11H,5-7,12H2,1-4H3;8-11H,5-7H2,1-4H3;5,9-12H,1,6-8H2,2-4H3. The van der Waals surface area contributed by atoms with Gasteiger partial charge in [0.15, 0.2) is 13.1 Å². The van der Waals surface area contributed by atoms with Gasteiger partial charge in [0.25, 0.3) is 0 Å². The zero-order valence-corrected chi connectivity index (χ0v) is 85.3. The Hall–Kier alpha value is -6.76. The topological polar surface area (TPSA) is 283 Å². The monoisotopic (exact) mass is 1870 g/mol. The number of methoxy groups -OCH3 is 1. The van der Waals surface area contributed by atoms with Crippen LogP contribution in [-0.2, 0) is 105 Å². The maximum Gasteiger partial charge on any atom is 0.537 e. The molecule has 6 aromatic carbocycles. The number of ether oxygens (including phenoxy) is 9. The zero-order chi connectivity index (χ0) is 93.6. The third-order valence-corrected chi connectivity index (χ3v) is 34.8. The Bertz CT molecular complexity index is 3670. The lowest BCUT2D eigenvalue weighted by molar-refractivity contribution is -0.131. The van der Waals surface area contributed by atoms with Gasteiger partial charge in [0, 0.05) is 171 Å². The number of rotatable bonds is 54. The van der Waals surface area contributed by atoms with Crippen LogP contribution >= 0.6 is 0 Å². The SMILES string of the molecule is C=COc1ccc(C[Si](OCC)(OCC)OCC)cc1.C=COc1ccc([Si](OCC)(OCC)OCC)cc1.CCO[Si](OCC)(OCC)c1ccc(OC(=O)OC(C)(C)C)cc1.CCO[Si](OCC)(OCC)c1ccc(OC(C)=O)cc1.CCO[Si](OCC)(OCC)c1ccc(OC2CCCCO2)cc1.CCO[Si](OCC)(OCC)c1ccc(OCOC)cc1. The molecule has 710 valence electrons. The van der Waals surface area contributed by atoms with Gasteiger partial charge in [-0.3, -0.25) is 4.79 Å². The number of benzene rings is 6. The van der Waals surface area contributed by atoms with Crippen molar-refractivity contribution < 1.29 is 132 Å². The number of carbonyl (C=O) groups is 2. The van der Waals surface area contributed by atoms with E-state index in [0.29, 0.717) is 136 Å². The van der Waals surface area contributed by atoms with Crippen LogP contribution in [0.5, 0.6) is 34.5 Å². The third kappa shape index (κ3) is 41.6. The molecule has 1 heterocycles. The van der Waals surface area contributed by atoms with E-state index in [1.54, 1.807) is 64.3 Å². The van der Waals surface area contributed by atoms with Crippen molar-refractivity contribution in [3.05, 3.63) is 177 Å². The molecular formula is C91H148O29Si6. The van der Waals surface area contributed by atoms with Gasteiger partial charge in [0.05, 0.1) is 19.1 Å². The molecule has 0 amide bonds. The average Bonchev–Trinajstić information content (AvgIpc) is 0.833. The van der Waals surface area contributed by atoms with Crippen LogP contribution in [0, 0.1) is 0 Å². The van der Waals surface area contributed by atoms with Crippen LogP contribution in [0.3, 0.4) is 0 Å². The van der Waals surface area contributed by atoms with Gasteiger partial charge in [-0.25, -0.2) is 4.79 Å². The van der Waals surface area contributed by atoms with E-state index in [2.05, 4.69) is 13.2 Å². The lowest BCUT2D eigenvalue weighted by Crippen LogP contribution is -2.56. The van der Waals surface area contributed by atoms with Crippen molar-refractivity contribution in [3.8, 4) is 34.5 Å². The Labute approximate surface area is 758 Å². The molecule has 6 aromatic rings. The Morgan fingerprint density at radius 1 is 0.357 bits per heavy atom. The van der Waals surface area contributed by atoms with Crippen molar-refractivity contribution in [1.29, 1.82) is 0 Å². The first-order valence-corrected chi connectivity index (χ1v) is 54.4. The number of hydrogen-bond acceptors (Lipinski definition) is 29. The summed E-state index contributed by atoms with van der Waals surface area (Å²) in [7, 11) is -15.3. The summed E-state index contributed by atoms with van der Waals surface area (Å²) in [6, 6.07) is 45.5. The van der Waals surface area contributed by atoms with Gasteiger partial charge in [-0.05, 0) is 237 Å². The van der Waals surface area contributed by atoms with E-state index in [1.165, 1.54) is 19.4 Å². The van der Waals surface area contributed by atoms with Crippen LogP contribution < -0.4 is 54.4 Å². The molecule has 1 saturated heterocycles. The van der Waals surface area contributed by atoms with Crippen molar-refractivity contribution in [2.24, 2.45) is 0 Å². The molecule has 1 fully saturated rings. The molecule has 1 aliphatic rings. The molecule has 0 N–H and O–H groups in total. The molecule has 29 nitrogen and oxygen atoms in total. The zero-order valence-electron chi connectivity index (χ0n) is 79.3. The van der Waals surface area contributed by atoms with Crippen molar-refractivity contribution >= 4 is 90.9 Å². The van der Waals surface area contributed by atoms with Gasteiger partial charge in [0.1, 0.15) is 40.1 Å². The number of esters is 1. The smallest absolute Gasteiger partial charge is 0.468 e. The Balaban J connectivity index is 0.000000513. The first-order chi connectivity index (χ1) is 60.7. The molecule has 7 rings (SSSR count). The third-order valence-electron chi connectivity index (χ3n) is 16.5. The summed E-state index contributed by atoms with van der Waals surface area (Å²) in [6.07, 6.45) is 5.14. The van der Waals surface area contributed by atoms with E-state index in [0.717, 1.165) is 80.4 Å². The van der Waals surface area contributed by atoms with E-state index < -0.39 is 64.6 Å². The molecule has 0 aliphatic carbocycles. The lowest BCUT2D eigenvalue weighted by atomic mass is 10.2. The van der Waals surface area contributed by atoms with Crippen molar-refractivity contribution in [1.82, 2.24) is 0 Å². The summed E-state index contributed by atoms with van der Waals surface area (Å²) in [5, 5.41) is 4.52. The summed E-state index contributed by atoms with van der Waals surface area (Å²) in [4.78, 5) is 22.6. The Morgan fingerprint density at radius 2 is 0.619 bits per heavy atom. The minimum atomic E-state index is -2.94. The number of hydrogen-bond donors (Lipinski definition) is 0. The second-order valence-electron chi connectivity index (χ2n) is 26.9. The lowest BCUT2D eigenvalue weighted by Gasteiger charge is -2.29. The van der Waals surface area contributed by atoms with Gasteiger partial charge < -0.3 is 122 Å². The van der Waals surface area contributed by atoms with Crippen LogP contribution in [0.1, 0.15) is 177 Å². The second-order valence-corrected chi connectivity index (χ2v) is 42.3. The maximum absolute atomic E-state index is 11.7. The van der Waals surface area contributed by atoms with Crippen LogP contribution in [0.15, 0.2) is 171 Å². The highest BCUT2D eigenvalue weighted by atomic mass is 28.4. The number of carbonyl (C=O) groups excluding carboxylic acids is 2. The minimum Gasteiger partial charge on any atom is -0.468 e. The molecule has 0 aromatic heterocycles. The summed E-state index contributed by atoms with van der Waals surface area (Å²) in [5.74, 6) is 3.57. The molecular weight excluding hydrogens is 1730 g/mol. The normalized spacial score (nSPS) is 12.9. The van der Waals surface area contributed by atoms with E-state index in [9.17, 15) is 9.59 Å². The summed E-state index contributed by atoms with van der Waals surface area (Å²) in [6.45, 7) is 59.3. The molecule has 0 bridgehead atoms. The average molecular weight is 1870 g/mol. The van der Waals surface area contributed by atoms with Crippen LogP contribution in [0.25, 0.3) is 0 Å². The fourth-order valence-corrected chi connectivity index (χ4v) is 27.0. The van der Waals surface area contributed by atoms with Gasteiger partial charge >= 0.3 is 65.0 Å². The van der Waals surface area contributed by atoms with E-state index in [4.69, 9.17) is 122 Å². The van der Waals surface area contributed by atoms with E-state index in [1.807, 2.05) is 234 Å². The predicted octanol–water partition coefficient (Wildman–Crippen LogP) is 15.7. The summed E-state index contributed by atoms with van der Waals surface area (Å²) in [5.41, 5.74) is 0.515. The molecule has 1 aliphatic heterocycles. The van der Waals surface area contributed by atoms with Crippen molar-refractivity contribution in [2.75, 3.05) is 139 Å². The van der Waals surface area contributed by atoms with Gasteiger partial charge in [-0.15, -0.1) is 0 Å². The first-order valence-electron chi connectivity index (χ1n) is 43.9. The van der Waals surface area contributed by atoms with Crippen LogP contribution in [0.2, 0.25) is 0 Å². The Kier molecular flexibility index (Phi) is 60.2. The fourth-order valence-electron chi connectivity index (χ4n) is 12.1. The highest BCUT2D eigenvalue weighted by Gasteiger charge is 2.48. The van der Waals surface area contributed by atoms with Gasteiger partial charge in [-0.2, -0.15) is 0 Å². The molecule has 0 saturated carbocycles. The largest absolute Gasteiger partial charge is 0.537 e. The molecule has 0 spiro atoms. The molecule has 0 radical (unpaired) electrons. The Morgan fingerprint density at radius 3 is 0.865 bits per heavy atom. The molecule has 35 heteroatoms. The highest BCUT2D eigenvalue weighted by molar-refractivity contribution is 6.77. The summed E-state index contributed by atoms with van der Waals surface area (Å²) >= 11 is 0. The van der Waals surface area contributed by atoms with E-state index >= 15 is 0 Å². The minimum absolute atomic E-state index is 0.137. The van der Waals surface area contributed by atoms with Crippen molar-refractivity contribution in [3.63, 3.8) is 0 Å². The van der Waals surface area contributed by atoms with E-state index in [-0.39, 0.29) is 19.1 Å². The first kappa shape index (κ1) is 115. The highest BCUT2D eigenvalue weighted by Crippen LogP contribution is 2.25. The molecule has 126 heavy (non-hydrogen) atoms. The van der Waals surface area contributed by atoms with Crippen LogP contribution in [-0.4, -0.2) is 216 Å². The maximum atomic E-state index is 11.7. The quantitative estimate of drug-likeness (QED) is 0.00856. The fraction of sp³-hybridized carbons (Fsp3) is 0.538. The van der Waals surface area contributed by atoms with Crippen molar-refractivity contribution in [2.45, 2.75) is 190 Å². The second kappa shape index (κ2) is 65.7. The molecule has 1 unspecified atom stereocenters. The summed E-state index contributed by atoms with van der Waals surface area (Å²) < 4.78 is 153. The predicted molar refractivity (Wildman–Crippen MR) is 501 cm³/mol.